The SMILES string of the molecule is NCC1(CN2CCN(c3ccccc3)CC2)CCCOC1. The first-order valence-corrected chi connectivity index (χ1v) is 8.12. The molecule has 2 aliphatic heterocycles. The molecule has 0 spiro atoms. The quantitative estimate of drug-likeness (QED) is 0.913. The summed E-state index contributed by atoms with van der Waals surface area (Å²) in [6.07, 6.45) is 2.36. The topological polar surface area (TPSA) is 41.7 Å². The first kappa shape index (κ1) is 14.8. The maximum atomic E-state index is 6.06. The molecule has 0 amide bonds. The molecule has 3 rings (SSSR count). The van der Waals surface area contributed by atoms with Crippen molar-refractivity contribution in [1.82, 2.24) is 4.90 Å². The van der Waals surface area contributed by atoms with Gasteiger partial charge in [-0.25, -0.2) is 0 Å². The van der Waals surface area contributed by atoms with Crippen LogP contribution in [0.15, 0.2) is 30.3 Å². The molecule has 1 unspecified atom stereocenters. The third kappa shape index (κ3) is 3.57. The van der Waals surface area contributed by atoms with E-state index in [0.717, 1.165) is 58.9 Å². The number of para-hydroxylation sites is 1. The Morgan fingerprint density at radius 1 is 1.10 bits per heavy atom. The van der Waals surface area contributed by atoms with Crippen LogP contribution in [0.5, 0.6) is 0 Å². The van der Waals surface area contributed by atoms with Crippen LogP contribution in [0.2, 0.25) is 0 Å². The van der Waals surface area contributed by atoms with Crippen molar-refractivity contribution in [3.05, 3.63) is 30.3 Å². The lowest BCUT2D eigenvalue weighted by molar-refractivity contribution is -0.0225. The minimum absolute atomic E-state index is 0.188. The van der Waals surface area contributed by atoms with E-state index >= 15 is 0 Å². The van der Waals surface area contributed by atoms with Gasteiger partial charge >= 0.3 is 0 Å². The van der Waals surface area contributed by atoms with Crippen LogP contribution in [0.1, 0.15) is 12.8 Å². The summed E-state index contributed by atoms with van der Waals surface area (Å²) in [6, 6.07) is 10.7. The van der Waals surface area contributed by atoms with Gasteiger partial charge < -0.3 is 15.4 Å². The van der Waals surface area contributed by atoms with Crippen LogP contribution in [0.4, 0.5) is 5.69 Å². The van der Waals surface area contributed by atoms with E-state index in [1.54, 1.807) is 0 Å². The van der Waals surface area contributed by atoms with Crippen molar-refractivity contribution in [2.75, 3.05) is 57.4 Å². The van der Waals surface area contributed by atoms with Crippen molar-refractivity contribution in [1.29, 1.82) is 0 Å². The number of benzene rings is 1. The zero-order valence-corrected chi connectivity index (χ0v) is 12.8. The molecule has 21 heavy (non-hydrogen) atoms. The zero-order chi connectivity index (χ0) is 14.5. The van der Waals surface area contributed by atoms with Gasteiger partial charge in [-0.05, 0) is 25.0 Å². The summed E-state index contributed by atoms with van der Waals surface area (Å²) in [4.78, 5) is 5.05. The highest BCUT2D eigenvalue weighted by Gasteiger charge is 2.34. The molecule has 1 atom stereocenters. The molecule has 2 N–H and O–H groups in total. The van der Waals surface area contributed by atoms with Crippen molar-refractivity contribution >= 4 is 5.69 Å². The van der Waals surface area contributed by atoms with Crippen LogP contribution in [-0.2, 0) is 4.74 Å². The summed E-state index contributed by atoms with van der Waals surface area (Å²) < 4.78 is 5.69. The molecule has 1 aromatic carbocycles. The summed E-state index contributed by atoms with van der Waals surface area (Å²) in [5.74, 6) is 0. The van der Waals surface area contributed by atoms with E-state index in [-0.39, 0.29) is 5.41 Å². The molecule has 4 nitrogen and oxygen atoms in total. The molecule has 0 saturated carbocycles. The maximum absolute atomic E-state index is 6.06. The average Bonchev–Trinajstić information content (AvgIpc) is 2.57. The van der Waals surface area contributed by atoms with Gasteiger partial charge in [-0.15, -0.1) is 0 Å². The molecule has 2 aliphatic rings. The van der Waals surface area contributed by atoms with E-state index in [2.05, 4.69) is 40.1 Å². The second-order valence-corrected chi connectivity index (χ2v) is 6.46. The molecular formula is C17H27N3O. The van der Waals surface area contributed by atoms with E-state index in [1.165, 1.54) is 12.1 Å². The summed E-state index contributed by atoms with van der Waals surface area (Å²) >= 11 is 0. The highest BCUT2D eigenvalue weighted by molar-refractivity contribution is 5.46. The Morgan fingerprint density at radius 3 is 2.48 bits per heavy atom. The molecule has 0 aliphatic carbocycles. The zero-order valence-electron chi connectivity index (χ0n) is 12.8. The number of anilines is 1. The minimum atomic E-state index is 0.188. The van der Waals surface area contributed by atoms with Crippen LogP contribution in [0.3, 0.4) is 0 Å². The average molecular weight is 289 g/mol. The summed E-state index contributed by atoms with van der Waals surface area (Å²) in [5.41, 5.74) is 7.58. The molecule has 2 saturated heterocycles. The lowest BCUT2D eigenvalue weighted by Gasteiger charge is -2.43. The molecular weight excluding hydrogens is 262 g/mol. The molecule has 0 aromatic heterocycles. The number of hydrogen-bond acceptors (Lipinski definition) is 4. The van der Waals surface area contributed by atoms with Gasteiger partial charge in [-0.1, -0.05) is 18.2 Å². The third-order valence-corrected chi connectivity index (χ3v) is 4.89. The molecule has 1 aromatic rings. The Labute approximate surface area is 127 Å². The maximum Gasteiger partial charge on any atom is 0.0546 e. The van der Waals surface area contributed by atoms with Crippen LogP contribution >= 0.6 is 0 Å². The number of rotatable bonds is 4. The van der Waals surface area contributed by atoms with Gasteiger partial charge in [0.1, 0.15) is 0 Å². The Kier molecular flexibility index (Phi) is 4.78. The van der Waals surface area contributed by atoms with Crippen molar-refractivity contribution in [3.63, 3.8) is 0 Å². The molecule has 4 heteroatoms. The molecule has 116 valence electrons. The van der Waals surface area contributed by atoms with Crippen molar-refractivity contribution in [3.8, 4) is 0 Å². The van der Waals surface area contributed by atoms with Gasteiger partial charge in [0.25, 0.3) is 0 Å². The molecule has 0 bridgehead atoms. The summed E-state index contributed by atoms with van der Waals surface area (Å²) in [5, 5.41) is 0. The van der Waals surface area contributed by atoms with Crippen LogP contribution in [0.25, 0.3) is 0 Å². The smallest absolute Gasteiger partial charge is 0.0546 e. The minimum Gasteiger partial charge on any atom is -0.381 e. The first-order valence-electron chi connectivity index (χ1n) is 8.12. The molecule has 0 radical (unpaired) electrons. The summed E-state index contributed by atoms with van der Waals surface area (Å²) in [6.45, 7) is 8.02. The van der Waals surface area contributed by atoms with E-state index in [0.29, 0.717) is 0 Å². The lowest BCUT2D eigenvalue weighted by Crippen LogP contribution is -2.53. The predicted molar refractivity (Wildman–Crippen MR) is 86.6 cm³/mol. The van der Waals surface area contributed by atoms with E-state index in [4.69, 9.17) is 10.5 Å². The normalized spacial score (nSPS) is 27.8. The fraction of sp³-hybridized carbons (Fsp3) is 0.647. The third-order valence-electron chi connectivity index (χ3n) is 4.89. The fourth-order valence-electron chi connectivity index (χ4n) is 3.54. The van der Waals surface area contributed by atoms with Gasteiger partial charge in [-0.3, -0.25) is 4.90 Å². The Hall–Kier alpha value is -1.10. The van der Waals surface area contributed by atoms with Crippen LogP contribution < -0.4 is 10.6 Å². The first-order chi connectivity index (χ1) is 10.3. The van der Waals surface area contributed by atoms with Crippen LogP contribution in [-0.4, -0.2) is 57.4 Å². The standard InChI is InChI=1S/C17H27N3O/c18-13-17(7-4-12-21-15-17)14-19-8-10-20(11-9-19)16-5-2-1-3-6-16/h1-3,5-6H,4,7-15,18H2. The van der Waals surface area contributed by atoms with E-state index in [9.17, 15) is 0 Å². The number of hydrogen-bond donors (Lipinski definition) is 1. The predicted octanol–water partition coefficient (Wildman–Crippen LogP) is 1.56. The Morgan fingerprint density at radius 2 is 1.86 bits per heavy atom. The summed E-state index contributed by atoms with van der Waals surface area (Å²) in [7, 11) is 0. The van der Waals surface area contributed by atoms with Gasteiger partial charge in [0, 0.05) is 57.0 Å². The highest BCUT2D eigenvalue weighted by Crippen LogP contribution is 2.29. The second-order valence-electron chi connectivity index (χ2n) is 6.46. The second kappa shape index (κ2) is 6.77. The van der Waals surface area contributed by atoms with E-state index < -0.39 is 0 Å². The van der Waals surface area contributed by atoms with Crippen molar-refractivity contribution in [2.24, 2.45) is 11.1 Å². The Bertz CT molecular complexity index is 423. The van der Waals surface area contributed by atoms with Gasteiger partial charge in [0.2, 0.25) is 0 Å². The number of piperazine rings is 1. The largest absolute Gasteiger partial charge is 0.381 e. The fourth-order valence-corrected chi connectivity index (χ4v) is 3.54. The van der Waals surface area contributed by atoms with Crippen LogP contribution in [0, 0.1) is 5.41 Å². The number of nitrogens with zero attached hydrogens (tertiary/aromatic N) is 2. The molecule has 2 heterocycles. The van der Waals surface area contributed by atoms with Gasteiger partial charge in [0.15, 0.2) is 0 Å². The van der Waals surface area contributed by atoms with E-state index in [1.807, 2.05) is 0 Å². The van der Waals surface area contributed by atoms with Gasteiger partial charge in [-0.2, -0.15) is 0 Å². The highest BCUT2D eigenvalue weighted by atomic mass is 16.5. The van der Waals surface area contributed by atoms with Crippen molar-refractivity contribution < 1.29 is 4.74 Å². The number of ether oxygens (including phenoxy) is 1. The van der Waals surface area contributed by atoms with Crippen molar-refractivity contribution in [2.45, 2.75) is 12.8 Å². The monoisotopic (exact) mass is 289 g/mol. The van der Waals surface area contributed by atoms with Gasteiger partial charge in [0.05, 0.1) is 6.61 Å². The Balaban J connectivity index is 1.53. The molecule has 2 fully saturated rings. The number of nitrogens with two attached hydrogens (primary N) is 1. The lowest BCUT2D eigenvalue weighted by atomic mass is 9.82.